The van der Waals surface area contributed by atoms with Gasteiger partial charge in [0.15, 0.2) is 0 Å². The predicted octanol–water partition coefficient (Wildman–Crippen LogP) is 1.22. The maximum Gasteiger partial charge on any atom is 0.416 e. The first-order valence-corrected chi connectivity index (χ1v) is 11.8. The van der Waals surface area contributed by atoms with Crippen LogP contribution in [0.15, 0.2) is 54.6 Å². The first-order chi connectivity index (χ1) is 17.5. The van der Waals surface area contributed by atoms with Crippen LogP contribution in [0.4, 0.5) is 18.9 Å². The Hall–Kier alpha value is -3.48. The molecular formula is C25H33F3N6O3. The van der Waals surface area contributed by atoms with Gasteiger partial charge in [-0.05, 0) is 36.6 Å². The molecule has 2 rings (SSSR count). The molecule has 0 radical (unpaired) electrons. The van der Waals surface area contributed by atoms with Crippen molar-refractivity contribution in [3.05, 3.63) is 65.7 Å². The normalized spacial score (nSPS) is 12.9. The van der Waals surface area contributed by atoms with Crippen molar-refractivity contribution in [1.29, 1.82) is 0 Å². The molecule has 12 heteroatoms. The summed E-state index contributed by atoms with van der Waals surface area (Å²) in [7, 11) is 0. The van der Waals surface area contributed by atoms with Crippen molar-refractivity contribution in [2.75, 3.05) is 31.5 Å². The molecule has 8 N–H and O–H groups in total. The van der Waals surface area contributed by atoms with Gasteiger partial charge in [0.2, 0.25) is 17.7 Å². The van der Waals surface area contributed by atoms with E-state index in [0.717, 1.165) is 17.7 Å². The van der Waals surface area contributed by atoms with Gasteiger partial charge in [0, 0.05) is 31.9 Å². The molecule has 0 aliphatic heterocycles. The van der Waals surface area contributed by atoms with Gasteiger partial charge >= 0.3 is 6.18 Å². The fourth-order valence-corrected chi connectivity index (χ4v) is 3.59. The van der Waals surface area contributed by atoms with E-state index in [0.29, 0.717) is 6.42 Å². The second-order valence-electron chi connectivity index (χ2n) is 8.42. The van der Waals surface area contributed by atoms with Crippen LogP contribution < -0.4 is 27.8 Å². The highest BCUT2D eigenvalue weighted by Gasteiger charge is 2.31. The molecule has 202 valence electrons. The van der Waals surface area contributed by atoms with Gasteiger partial charge in [-0.2, -0.15) is 13.2 Å². The molecule has 0 heterocycles. The molecule has 9 nitrogen and oxygen atoms in total. The lowest BCUT2D eigenvalue weighted by Crippen LogP contribution is -2.52. The third-order valence-electron chi connectivity index (χ3n) is 5.54. The molecule has 3 amide bonds. The number of hydrogen-bond donors (Lipinski definition) is 5. The second kappa shape index (κ2) is 14.3. The number of amides is 3. The number of benzene rings is 2. The number of aryl methyl sites for hydroxylation is 1. The highest BCUT2D eigenvalue weighted by Crippen LogP contribution is 2.30. The van der Waals surface area contributed by atoms with E-state index in [1.807, 2.05) is 30.3 Å². The minimum absolute atomic E-state index is 0.0718. The molecule has 2 aromatic rings. The Kier molecular flexibility index (Phi) is 11.5. The van der Waals surface area contributed by atoms with E-state index >= 15 is 0 Å². The lowest BCUT2D eigenvalue weighted by atomic mass is 10.0. The third-order valence-corrected chi connectivity index (χ3v) is 5.54. The Morgan fingerprint density at radius 1 is 0.919 bits per heavy atom. The number of nitrogens with one attached hydrogen (secondary N) is 2. The number of carbonyl (C=O) groups excluding carboxylic acids is 3. The van der Waals surface area contributed by atoms with Crippen molar-refractivity contribution in [3.63, 3.8) is 0 Å². The zero-order valence-corrected chi connectivity index (χ0v) is 20.3. The van der Waals surface area contributed by atoms with Crippen LogP contribution >= 0.6 is 0 Å². The molecule has 0 aromatic heterocycles. The molecule has 0 aliphatic carbocycles. The number of carbonyl (C=O) groups is 3. The number of nitrogens with two attached hydrogens (primary N) is 3. The summed E-state index contributed by atoms with van der Waals surface area (Å²) in [5.41, 5.74) is 16.9. The van der Waals surface area contributed by atoms with E-state index < -0.39 is 41.5 Å². The van der Waals surface area contributed by atoms with E-state index in [4.69, 9.17) is 17.2 Å². The standard InChI is InChI=1S/C25H33F3N6O3/c26-25(27,28)18-7-4-8-19(15-18)32-24(37)21(10-9-17-5-2-1-3-6-17)33-23(36)20(31)16-22(35)34(13-11-29)14-12-30/h1-8,15,20-21H,9-14,16,29-31H2,(H,32,37)(H,33,36). The molecular weight excluding hydrogens is 489 g/mol. The zero-order valence-electron chi connectivity index (χ0n) is 20.3. The van der Waals surface area contributed by atoms with Crippen LogP contribution in [0.25, 0.3) is 0 Å². The maximum atomic E-state index is 13.1. The van der Waals surface area contributed by atoms with E-state index in [1.54, 1.807) is 0 Å². The molecule has 0 saturated heterocycles. The topological polar surface area (TPSA) is 157 Å². The van der Waals surface area contributed by atoms with Gasteiger partial charge in [-0.25, -0.2) is 0 Å². The van der Waals surface area contributed by atoms with Crippen LogP contribution in [0.3, 0.4) is 0 Å². The molecule has 2 aromatic carbocycles. The second-order valence-corrected chi connectivity index (χ2v) is 8.42. The van der Waals surface area contributed by atoms with Gasteiger partial charge in [0.05, 0.1) is 18.0 Å². The van der Waals surface area contributed by atoms with Gasteiger partial charge < -0.3 is 32.7 Å². The molecule has 0 fully saturated rings. The van der Waals surface area contributed by atoms with Crippen LogP contribution in [0.1, 0.15) is 24.0 Å². The Labute approximate surface area is 213 Å². The predicted molar refractivity (Wildman–Crippen MR) is 134 cm³/mol. The molecule has 0 bridgehead atoms. The minimum Gasteiger partial charge on any atom is -0.343 e. The summed E-state index contributed by atoms with van der Waals surface area (Å²) < 4.78 is 39.2. The molecule has 2 atom stereocenters. The van der Waals surface area contributed by atoms with Crippen LogP contribution in [0.5, 0.6) is 0 Å². The number of rotatable bonds is 13. The number of hydrogen-bond acceptors (Lipinski definition) is 6. The fourth-order valence-electron chi connectivity index (χ4n) is 3.59. The van der Waals surface area contributed by atoms with Crippen molar-refractivity contribution in [3.8, 4) is 0 Å². The van der Waals surface area contributed by atoms with Crippen molar-refractivity contribution in [2.45, 2.75) is 37.5 Å². The number of anilines is 1. The van der Waals surface area contributed by atoms with Gasteiger partial charge in [-0.15, -0.1) is 0 Å². The van der Waals surface area contributed by atoms with Crippen LogP contribution in [0.2, 0.25) is 0 Å². The molecule has 37 heavy (non-hydrogen) atoms. The van der Waals surface area contributed by atoms with Crippen molar-refractivity contribution >= 4 is 23.4 Å². The van der Waals surface area contributed by atoms with Crippen LogP contribution in [-0.2, 0) is 27.0 Å². The quantitative estimate of drug-likeness (QED) is 0.266. The first kappa shape index (κ1) is 29.7. The Morgan fingerprint density at radius 3 is 2.16 bits per heavy atom. The molecule has 0 spiro atoms. The molecule has 0 aliphatic rings. The molecule has 2 unspecified atom stereocenters. The average Bonchev–Trinajstić information content (AvgIpc) is 2.86. The third kappa shape index (κ3) is 9.83. The smallest absolute Gasteiger partial charge is 0.343 e. The summed E-state index contributed by atoms with van der Waals surface area (Å²) in [4.78, 5) is 39.7. The summed E-state index contributed by atoms with van der Waals surface area (Å²) >= 11 is 0. The molecule has 0 saturated carbocycles. The first-order valence-electron chi connectivity index (χ1n) is 11.8. The van der Waals surface area contributed by atoms with Gasteiger partial charge in [-0.1, -0.05) is 36.4 Å². The van der Waals surface area contributed by atoms with Gasteiger partial charge in [0.1, 0.15) is 6.04 Å². The Morgan fingerprint density at radius 2 is 1.57 bits per heavy atom. The summed E-state index contributed by atoms with van der Waals surface area (Å²) in [5.74, 6) is -1.87. The zero-order chi connectivity index (χ0) is 27.4. The lowest BCUT2D eigenvalue weighted by molar-refractivity contribution is -0.137. The van der Waals surface area contributed by atoms with Crippen LogP contribution in [0, 0.1) is 0 Å². The largest absolute Gasteiger partial charge is 0.416 e. The van der Waals surface area contributed by atoms with E-state index in [-0.39, 0.29) is 44.7 Å². The maximum absolute atomic E-state index is 13.1. The SMILES string of the molecule is NCCN(CCN)C(=O)CC(N)C(=O)NC(CCc1ccccc1)C(=O)Nc1cccc(C(F)(F)F)c1. The van der Waals surface area contributed by atoms with E-state index in [2.05, 4.69) is 10.6 Å². The van der Waals surface area contributed by atoms with Crippen LogP contribution in [-0.4, -0.2) is 60.9 Å². The lowest BCUT2D eigenvalue weighted by Gasteiger charge is -2.24. The van der Waals surface area contributed by atoms with Crippen molar-refractivity contribution < 1.29 is 27.6 Å². The van der Waals surface area contributed by atoms with Crippen molar-refractivity contribution in [1.82, 2.24) is 10.2 Å². The van der Waals surface area contributed by atoms with E-state index in [1.165, 1.54) is 17.0 Å². The summed E-state index contributed by atoms with van der Waals surface area (Å²) in [6.07, 6.45) is -4.36. The Balaban J connectivity index is 2.13. The van der Waals surface area contributed by atoms with E-state index in [9.17, 15) is 27.6 Å². The highest BCUT2D eigenvalue weighted by atomic mass is 19.4. The number of halogens is 3. The average molecular weight is 523 g/mol. The minimum atomic E-state index is -4.58. The number of nitrogens with zero attached hydrogens (tertiary/aromatic N) is 1. The van der Waals surface area contributed by atoms with Gasteiger partial charge in [0.25, 0.3) is 0 Å². The highest BCUT2D eigenvalue weighted by molar-refractivity contribution is 5.98. The van der Waals surface area contributed by atoms with Crippen molar-refractivity contribution in [2.24, 2.45) is 17.2 Å². The van der Waals surface area contributed by atoms with Gasteiger partial charge in [-0.3, -0.25) is 14.4 Å². The monoisotopic (exact) mass is 522 g/mol. The number of alkyl halides is 3. The Bertz CT molecular complexity index is 1030. The summed E-state index contributed by atoms with van der Waals surface area (Å²) in [6, 6.07) is 11.0. The summed E-state index contributed by atoms with van der Waals surface area (Å²) in [6.45, 7) is 0.932. The summed E-state index contributed by atoms with van der Waals surface area (Å²) in [5, 5.41) is 4.97. The fraction of sp³-hybridized carbons (Fsp3) is 0.400.